The Balaban J connectivity index is 2.37. The molecule has 0 aliphatic carbocycles. The van der Waals surface area contributed by atoms with Gasteiger partial charge in [0, 0.05) is 25.9 Å². The second-order valence-corrected chi connectivity index (χ2v) is 6.19. The number of carbonyl (C=O) groups excluding carboxylic acids is 1. The minimum atomic E-state index is 0.0271. The van der Waals surface area contributed by atoms with E-state index in [1.54, 1.807) is 15.8 Å². The third-order valence-electron chi connectivity index (χ3n) is 3.70. The molecule has 0 radical (unpaired) electrons. The smallest absolute Gasteiger partial charge is 0.225 e. The molecule has 5 nitrogen and oxygen atoms in total. The second kappa shape index (κ2) is 8.17. The van der Waals surface area contributed by atoms with Crippen molar-refractivity contribution in [1.29, 1.82) is 0 Å². The van der Waals surface area contributed by atoms with Gasteiger partial charge in [-0.2, -0.15) is 5.10 Å². The van der Waals surface area contributed by atoms with Gasteiger partial charge in [-0.1, -0.05) is 13.8 Å². The Morgan fingerprint density at radius 2 is 2.05 bits per heavy atom. The molecule has 0 spiro atoms. The summed E-state index contributed by atoms with van der Waals surface area (Å²) in [5, 5.41) is 4.15. The fourth-order valence-corrected chi connectivity index (χ4v) is 2.35. The predicted molar refractivity (Wildman–Crippen MR) is 83.9 cm³/mol. The highest BCUT2D eigenvalue weighted by atomic mass is 16.5. The molecule has 1 amide bonds. The lowest BCUT2D eigenvalue weighted by atomic mass is 10.1. The molecule has 1 aromatic rings. The van der Waals surface area contributed by atoms with E-state index in [1.807, 2.05) is 27.2 Å². The molecule has 0 saturated carbocycles. The van der Waals surface area contributed by atoms with Gasteiger partial charge in [-0.3, -0.25) is 9.48 Å². The Hall–Kier alpha value is -1.36. The molecular weight excluding hydrogens is 266 g/mol. The normalized spacial score (nSPS) is 14.2. The van der Waals surface area contributed by atoms with Crippen LogP contribution in [0.5, 0.6) is 0 Å². The molecule has 0 aliphatic heterocycles. The number of hydrogen-bond acceptors (Lipinski definition) is 3. The van der Waals surface area contributed by atoms with Gasteiger partial charge in [-0.25, -0.2) is 0 Å². The highest BCUT2D eigenvalue weighted by Gasteiger charge is 2.18. The van der Waals surface area contributed by atoms with Crippen LogP contribution in [0.2, 0.25) is 0 Å². The van der Waals surface area contributed by atoms with Crippen molar-refractivity contribution in [3.05, 3.63) is 18.0 Å². The molecule has 2 atom stereocenters. The zero-order valence-electron chi connectivity index (χ0n) is 14.2. The van der Waals surface area contributed by atoms with Gasteiger partial charge in [0.25, 0.3) is 0 Å². The quantitative estimate of drug-likeness (QED) is 0.741. The summed E-state index contributed by atoms with van der Waals surface area (Å²) in [6.07, 6.45) is 5.39. The number of carbonyl (C=O) groups is 1. The number of rotatable bonds is 8. The van der Waals surface area contributed by atoms with E-state index in [1.165, 1.54) is 0 Å². The summed E-state index contributed by atoms with van der Waals surface area (Å²) in [6, 6.07) is 0.0271. The molecule has 0 unspecified atom stereocenters. The van der Waals surface area contributed by atoms with Gasteiger partial charge in [0.1, 0.15) is 0 Å². The van der Waals surface area contributed by atoms with Gasteiger partial charge in [-0.15, -0.1) is 0 Å². The fraction of sp³-hybridized carbons (Fsp3) is 0.750. The molecular formula is C16H29N3O2. The molecule has 0 fully saturated rings. The zero-order chi connectivity index (χ0) is 16.0. The van der Waals surface area contributed by atoms with Crippen LogP contribution in [-0.4, -0.2) is 40.3 Å². The monoisotopic (exact) mass is 295 g/mol. The standard InChI is InChI=1S/C16H29N3O2/c1-12(2)9-13(3)21-8-7-16(20)19(6)14(4)15-10-17-18(5)11-15/h10-14H,7-9H2,1-6H3/t13-,14+/m0/s1. The summed E-state index contributed by atoms with van der Waals surface area (Å²) in [4.78, 5) is 13.9. The minimum Gasteiger partial charge on any atom is -0.378 e. The van der Waals surface area contributed by atoms with Crippen LogP contribution in [-0.2, 0) is 16.6 Å². The Morgan fingerprint density at radius 3 is 2.57 bits per heavy atom. The molecule has 1 aromatic heterocycles. The first-order valence-electron chi connectivity index (χ1n) is 7.67. The highest BCUT2D eigenvalue weighted by Crippen LogP contribution is 2.18. The number of ether oxygens (including phenoxy) is 1. The topological polar surface area (TPSA) is 47.4 Å². The van der Waals surface area contributed by atoms with E-state index in [0.717, 1.165) is 12.0 Å². The summed E-state index contributed by atoms with van der Waals surface area (Å²) in [6.45, 7) is 8.91. The van der Waals surface area contributed by atoms with E-state index < -0.39 is 0 Å². The van der Waals surface area contributed by atoms with Crippen molar-refractivity contribution in [3.8, 4) is 0 Å². The number of aryl methyl sites for hydroxylation is 1. The number of hydrogen-bond donors (Lipinski definition) is 0. The first kappa shape index (κ1) is 17.7. The lowest BCUT2D eigenvalue weighted by molar-refractivity contribution is -0.133. The van der Waals surface area contributed by atoms with Crippen LogP contribution in [0.25, 0.3) is 0 Å². The van der Waals surface area contributed by atoms with Crippen LogP contribution in [0.15, 0.2) is 12.4 Å². The average Bonchev–Trinajstić information content (AvgIpc) is 2.82. The maximum atomic E-state index is 12.2. The van der Waals surface area contributed by atoms with Gasteiger partial charge in [0.15, 0.2) is 0 Å². The van der Waals surface area contributed by atoms with E-state index in [2.05, 4.69) is 25.9 Å². The van der Waals surface area contributed by atoms with Gasteiger partial charge < -0.3 is 9.64 Å². The molecule has 0 saturated heterocycles. The van der Waals surface area contributed by atoms with Crippen molar-refractivity contribution in [1.82, 2.24) is 14.7 Å². The zero-order valence-corrected chi connectivity index (χ0v) is 14.2. The number of amides is 1. The van der Waals surface area contributed by atoms with Crippen LogP contribution in [0.3, 0.4) is 0 Å². The maximum Gasteiger partial charge on any atom is 0.225 e. The summed E-state index contributed by atoms with van der Waals surface area (Å²) >= 11 is 0. The minimum absolute atomic E-state index is 0.0271. The number of nitrogens with zero attached hydrogens (tertiary/aromatic N) is 3. The van der Waals surface area contributed by atoms with Gasteiger partial charge in [-0.05, 0) is 26.2 Å². The second-order valence-electron chi connectivity index (χ2n) is 6.19. The van der Waals surface area contributed by atoms with Crippen molar-refractivity contribution in [2.75, 3.05) is 13.7 Å². The van der Waals surface area contributed by atoms with Crippen LogP contribution < -0.4 is 0 Å². The number of aromatic nitrogens is 2. The first-order valence-corrected chi connectivity index (χ1v) is 7.67. The third-order valence-corrected chi connectivity index (χ3v) is 3.70. The molecule has 1 rings (SSSR count). The van der Waals surface area contributed by atoms with Crippen LogP contribution in [0.4, 0.5) is 0 Å². The van der Waals surface area contributed by atoms with E-state index in [9.17, 15) is 4.79 Å². The summed E-state index contributed by atoms with van der Waals surface area (Å²) in [5.74, 6) is 0.715. The molecule has 21 heavy (non-hydrogen) atoms. The maximum absolute atomic E-state index is 12.2. The molecule has 0 aromatic carbocycles. The van der Waals surface area contributed by atoms with Crippen molar-refractivity contribution in [2.45, 2.75) is 52.7 Å². The Kier molecular flexibility index (Phi) is 6.89. The molecule has 120 valence electrons. The van der Waals surface area contributed by atoms with Crippen LogP contribution >= 0.6 is 0 Å². The van der Waals surface area contributed by atoms with Crippen LogP contribution in [0.1, 0.15) is 52.1 Å². The van der Waals surface area contributed by atoms with Crippen molar-refractivity contribution in [2.24, 2.45) is 13.0 Å². The van der Waals surface area contributed by atoms with Gasteiger partial charge in [0.2, 0.25) is 5.91 Å². The summed E-state index contributed by atoms with van der Waals surface area (Å²) in [5.41, 5.74) is 1.04. The van der Waals surface area contributed by atoms with Crippen molar-refractivity contribution >= 4 is 5.91 Å². The van der Waals surface area contributed by atoms with Crippen molar-refractivity contribution < 1.29 is 9.53 Å². The molecule has 1 heterocycles. The summed E-state index contributed by atoms with van der Waals surface area (Å²) < 4.78 is 7.45. The molecule has 0 aliphatic rings. The Bertz CT molecular complexity index is 442. The Morgan fingerprint density at radius 1 is 1.38 bits per heavy atom. The largest absolute Gasteiger partial charge is 0.378 e. The van der Waals surface area contributed by atoms with E-state index in [4.69, 9.17) is 4.74 Å². The summed E-state index contributed by atoms with van der Waals surface area (Å²) in [7, 11) is 3.71. The van der Waals surface area contributed by atoms with E-state index in [0.29, 0.717) is 18.9 Å². The Labute approximate surface area is 128 Å². The van der Waals surface area contributed by atoms with Crippen molar-refractivity contribution in [3.63, 3.8) is 0 Å². The van der Waals surface area contributed by atoms with Gasteiger partial charge in [0.05, 0.1) is 31.4 Å². The lowest BCUT2D eigenvalue weighted by Gasteiger charge is -2.24. The predicted octanol–water partition coefficient (Wildman–Crippen LogP) is 2.78. The van der Waals surface area contributed by atoms with Crippen LogP contribution in [0, 0.1) is 5.92 Å². The molecule has 0 N–H and O–H groups in total. The lowest BCUT2D eigenvalue weighted by Crippen LogP contribution is -2.30. The third kappa shape index (κ3) is 5.87. The fourth-order valence-electron chi connectivity index (χ4n) is 2.35. The van der Waals surface area contributed by atoms with E-state index in [-0.39, 0.29) is 18.1 Å². The molecule has 5 heteroatoms. The SMILES string of the molecule is CC(C)C[C@H](C)OCCC(=O)N(C)[C@H](C)c1cnn(C)c1. The first-order chi connectivity index (χ1) is 9.81. The average molecular weight is 295 g/mol. The van der Waals surface area contributed by atoms with Gasteiger partial charge >= 0.3 is 0 Å². The highest BCUT2D eigenvalue weighted by molar-refractivity contribution is 5.76. The molecule has 0 bridgehead atoms. The van der Waals surface area contributed by atoms with E-state index >= 15 is 0 Å².